The third-order valence-electron chi connectivity index (χ3n) is 4.79. The third-order valence-corrected chi connectivity index (χ3v) is 5.22. The van der Waals surface area contributed by atoms with E-state index in [4.69, 9.17) is 28.2 Å². The summed E-state index contributed by atoms with van der Waals surface area (Å²) in [6, 6.07) is 5.95. The SMILES string of the molecule is CN(C)C1(Cn2c(CCCl)nc3cc(Cl)ccc32)CCC1. The van der Waals surface area contributed by atoms with Gasteiger partial charge in [0.25, 0.3) is 0 Å². The number of fused-ring (bicyclic) bond motifs is 1. The second kappa shape index (κ2) is 5.79. The summed E-state index contributed by atoms with van der Waals surface area (Å²) in [6.07, 6.45) is 4.58. The first kappa shape index (κ1) is 15.1. The molecule has 0 atom stereocenters. The lowest BCUT2D eigenvalue weighted by molar-refractivity contribution is 0.0428. The number of rotatable bonds is 5. The number of hydrogen-bond acceptors (Lipinski definition) is 2. The number of hydrogen-bond donors (Lipinski definition) is 0. The third kappa shape index (κ3) is 2.67. The lowest BCUT2D eigenvalue weighted by Gasteiger charge is -2.47. The van der Waals surface area contributed by atoms with Crippen LogP contribution in [0.5, 0.6) is 0 Å². The van der Waals surface area contributed by atoms with Gasteiger partial charge >= 0.3 is 0 Å². The first-order valence-electron chi connectivity index (χ1n) is 7.44. The average Bonchev–Trinajstić information content (AvgIpc) is 2.70. The first-order chi connectivity index (χ1) is 10.1. The highest BCUT2D eigenvalue weighted by molar-refractivity contribution is 6.31. The van der Waals surface area contributed by atoms with Crippen LogP contribution in [0, 0.1) is 0 Å². The van der Waals surface area contributed by atoms with E-state index in [9.17, 15) is 0 Å². The van der Waals surface area contributed by atoms with Crippen LogP contribution in [0.4, 0.5) is 0 Å². The number of alkyl halides is 1. The van der Waals surface area contributed by atoms with Gasteiger partial charge < -0.3 is 9.47 Å². The van der Waals surface area contributed by atoms with Crippen LogP contribution in [0.15, 0.2) is 18.2 Å². The second-order valence-electron chi connectivity index (χ2n) is 6.16. The Morgan fingerprint density at radius 1 is 1.33 bits per heavy atom. The molecule has 1 fully saturated rings. The molecule has 1 aliphatic rings. The van der Waals surface area contributed by atoms with Crippen LogP contribution in [-0.4, -0.2) is 40.0 Å². The summed E-state index contributed by atoms with van der Waals surface area (Å²) >= 11 is 12.1. The Labute approximate surface area is 135 Å². The van der Waals surface area contributed by atoms with Crippen LogP contribution in [-0.2, 0) is 13.0 Å². The van der Waals surface area contributed by atoms with Crippen molar-refractivity contribution >= 4 is 34.2 Å². The maximum atomic E-state index is 6.10. The summed E-state index contributed by atoms with van der Waals surface area (Å²) in [7, 11) is 4.35. The number of aryl methyl sites for hydroxylation is 1. The van der Waals surface area contributed by atoms with Crippen LogP contribution in [0.2, 0.25) is 5.02 Å². The van der Waals surface area contributed by atoms with Gasteiger partial charge in [0.2, 0.25) is 0 Å². The van der Waals surface area contributed by atoms with Crippen LogP contribution in [0.3, 0.4) is 0 Å². The molecular formula is C16H21Cl2N3. The van der Waals surface area contributed by atoms with Gasteiger partial charge in [0.05, 0.1) is 11.0 Å². The quantitative estimate of drug-likeness (QED) is 0.776. The van der Waals surface area contributed by atoms with E-state index in [0.717, 1.165) is 34.8 Å². The largest absolute Gasteiger partial charge is 0.326 e. The van der Waals surface area contributed by atoms with E-state index in [1.807, 2.05) is 12.1 Å². The van der Waals surface area contributed by atoms with Gasteiger partial charge in [-0.15, -0.1) is 11.6 Å². The van der Waals surface area contributed by atoms with E-state index in [2.05, 4.69) is 29.6 Å². The summed E-state index contributed by atoms with van der Waals surface area (Å²) < 4.78 is 2.34. The van der Waals surface area contributed by atoms with Crippen molar-refractivity contribution in [3.63, 3.8) is 0 Å². The minimum atomic E-state index is 0.258. The number of imidazole rings is 1. The Kier molecular flexibility index (Phi) is 4.17. The van der Waals surface area contributed by atoms with Gasteiger partial charge in [0, 0.05) is 29.4 Å². The highest BCUT2D eigenvalue weighted by Gasteiger charge is 2.40. The highest BCUT2D eigenvalue weighted by Crippen LogP contribution is 2.38. The summed E-state index contributed by atoms with van der Waals surface area (Å²) in [6.45, 7) is 0.977. The van der Waals surface area contributed by atoms with E-state index in [-0.39, 0.29) is 5.54 Å². The molecule has 1 saturated carbocycles. The molecule has 1 aliphatic carbocycles. The van der Waals surface area contributed by atoms with Gasteiger partial charge in [0.15, 0.2) is 0 Å². The molecule has 1 heterocycles. The number of likely N-dealkylation sites (N-methyl/N-ethyl adjacent to an activating group) is 1. The molecule has 114 valence electrons. The minimum absolute atomic E-state index is 0.258. The van der Waals surface area contributed by atoms with E-state index < -0.39 is 0 Å². The van der Waals surface area contributed by atoms with Crippen LogP contribution >= 0.6 is 23.2 Å². The minimum Gasteiger partial charge on any atom is -0.326 e. The predicted octanol–water partition coefficient (Wildman–Crippen LogP) is 3.96. The maximum Gasteiger partial charge on any atom is 0.111 e. The topological polar surface area (TPSA) is 21.1 Å². The van der Waals surface area contributed by atoms with Gasteiger partial charge in [0.1, 0.15) is 5.82 Å². The van der Waals surface area contributed by atoms with Crippen LogP contribution in [0.1, 0.15) is 25.1 Å². The first-order valence-corrected chi connectivity index (χ1v) is 8.35. The van der Waals surface area contributed by atoms with Crippen LogP contribution in [0.25, 0.3) is 11.0 Å². The molecule has 0 radical (unpaired) electrons. The van der Waals surface area contributed by atoms with Crippen molar-refractivity contribution in [3.8, 4) is 0 Å². The number of benzene rings is 1. The van der Waals surface area contributed by atoms with Crippen molar-refractivity contribution in [3.05, 3.63) is 29.0 Å². The highest BCUT2D eigenvalue weighted by atomic mass is 35.5. The van der Waals surface area contributed by atoms with Gasteiger partial charge in [-0.2, -0.15) is 0 Å². The Morgan fingerprint density at radius 2 is 2.10 bits per heavy atom. The summed E-state index contributed by atoms with van der Waals surface area (Å²) in [5.41, 5.74) is 2.39. The molecule has 2 aromatic rings. The Morgan fingerprint density at radius 3 is 2.67 bits per heavy atom. The van der Waals surface area contributed by atoms with Crippen molar-refractivity contribution < 1.29 is 0 Å². The fourth-order valence-electron chi connectivity index (χ4n) is 3.23. The van der Waals surface area contributed by atoms with E-state index in [1.165, 1.54) is 19.3 Å². The smallest absolute Gasteiger partial charge is 0.111 e. The molecule has 21 heavy (non-hydrogen) atoms. The monoisotopic (exact) mass is 325 g/mol. The zero-order chi connectivity index (χ0) is 15.0. The molecule has 3 rings (SSSR count). The molecule has 1 aromatic carbocycles. The van der Waals surface area contributed by atoms with Gasteiger partial charge in [-0.1, -0.05) is 11.6 Å². The van der Waals surface area contributed by atoms with Gasteiger partial charge in [-0.25, -0.2) is 4.98 Å². The molecule has 0 spiro atoms. The molecule has 0 unspecified atom stereocenters. The average molecular weight is 326 g/mol. The van der Waals surface area contributed by atoms with E-state index in [1.54, 1.807) is 0 Å². The molecule has 0 aliphatic heterocycles. The number of aromatic nitrogens is 2. The molecule has 0 amide bonds. The molecular weight excluding hydrogens is 305 g/mol. The summed E-state index contributed by atoms with van der Waals surface area (Å²) in [4.78, 5) is 7.10. The second-order valence-corrected chi connectivity index (χ2v) is 6.97. The summed E-state index contributed by atoms with van der Waals surface area (Å²) in [5.74, 6) is 1.65. The Balaban J connectivity index is 2.05. The maximum absolute atomic E-state index is 6.10. The molecule has 3 nitrogen and oxygen atoms in total. The fourth-order valence-corrected chi connectivity index (χ4v) is 3.57. The van der Waals surface area contributed by atoms with Gasteiger partial charge in [-0.3, -0.25) is 0 Å². The van der Waals surface area contributed by atoms with Crippen molar-refractivity contribution in [2.24, 2.45) is 0 Å². The van der Waals surface area contributed by atoms with Crippen molar-refractivity contribution in [1.29, 1.82) is 0 Å². The normalized spacial score (nSPS) is 17.4. The van der Waals surface area contributed by atoms with E-state index in [0.29, 0.717) is 5.88 Å². The molecule has 1 aromatic heterocycles. The van der Waals surface area contributed by atoms with Crippen LogP contribution < -0.4 is 0 Å². The lowest BCUT2D eigenvalue weighted by atomic mass is 9.75. The zero-order valence-electron chi connectivity index (χ0n) is 12.6. The van der Waals surface area contributed by atoms with Crippen molar-refractivity contribution in [2.75, 3.05) is 20.0 Å². The zero-order valence-corrected chi connectivity index (χ0v) is 14.1. The van der Waals surface area contributed by atoms with Crippen molar-refractivity contribution in [1.82, 2.24) is 14.5 Å². The molecule has 0 saturated heterocycles. The number of nitrogens with zero attached hydrogens (tertiary/aromatic N) is 3. The van der Waals surface area contributed by atoms with Crippen molar-refractivity contribution in [2.45, 2.75) is 37.8 Å². The van der Waals surface area contributed by atoms with E-state index >= 15 is 0 Å². The van der Waals surface area contributed by atoms with Gasteiger partial charge in [-0.05, 0) is 51.6 Å². The molecule has 5 heteroatoms. The Hall–Kier alpha value is -0.770. The fraction of sp³-hybridized carbons (Fsp3) is 0.562. The number of halogens is 2. The predicted molar refractivity (Wildman–Crippen MR) is 89.4 cm³/mol. The summed E-state index contributed by atoms with van der Waals surface area (Å²) in [5, 5.41) is 0.732. The lowest BCUT2D eigenvalue weighted by Crippen LogP contribution is -2.53. The standard InChI is InChI=1S/C16H21Cl2N3/c1-20(2)16(7-3-8-16)11-21-14-5-4-12(18)10-13(14)19-15(21)6-9-17/h4-5,10H,3,6-9,11H2,1-2H3. The molecule has 0 N–H and O–H groups in total. The Bertz CT molecular complexity index is 644. The molecule has 0 bridgehead atoms.